The maximum absolute atomic E-state index is 12.5. The standard InChI is InChI=1S/C18H16ClN3O3S/c1-10-2-3-14-15(6-10)26-18(21-14)22-16(23)11-7-13(19)17(20-8-11)25-12-4-5-24-9-12/h2-3,6-8,12H,4-5,9H2,1H3,(H,21,22,23). The fourth-order valence-electron chi connectivity index (χ4n) is 2.65. The summed E-state index contributed by atoms with van der Waals surface area (Å²) in [6, 6.07) is 7.52. The van der Waals surface area contributed by atoms with Crippen molar-refractivity contribution in [3.05, 3.63) is 46.6 Å². The number of halogens is 1. The Labute approximate surface area is 159 Å². The van der Waals surface area contributed by atoms with Crippen LogP contribution in [0.5, 0.6) is 5.88 Å². The highest BCUT2D eigenvalue weighted by Crippen LogP contribution is 2.28. The van der Waals surface area contributed by atoms with Crippen LogP contribution in [-0.4, -0.2) is 35.2 Å². The van der Waals surface area contributed by atoms with E-state index in [-0.39, 0.29) is 12.0 Å². The maximum atomic E-state index is 12.5. The topological polar surface area (TPSA) is 73.3 Å². The van der Waals surface area contributed by atoms with Crippen molar-refractivity contribution in [2.75, 3.05) is 18.5 Å². The fraction of sp³-hybridized carbons (Fsp3) is 0.278. The Morgan fingerprint density at radius 1 is 1.42 bits per heavy atom. The van der Waals surface area contributed by atoms with Gasteiger partial charge in [-0.25, -0.2) is 9.97 Å². The van der Waals surface area contributed by atoms with E-state index >= 15 is 0 Å². The van der Waals surface area contributed by atoms with Gasteiger partial charge < -0.3 is 9.47 Å². The number of hydrogen-bond donors (Lipinski definition) is 1. The van der Waals surface area contributed by atoms with Crippen molar-refractivity contribution in [3.8, 4) is 5.88 Å². The monoisotopic (exact) mass is 389 g/mol. The quantitative estimate of drug-likeness (QED) is 0.728. The third kappa shape index (κ3) is 3.65. The van der Waals surface area contributed by atoms with Crippen LogP contribution in [0.3, 0.4) is 0 Å². The van der Waals surface area contributed by atoms with Crippen molar-refractivity contribution in [1.29, 1.82) is 0 Å². The minimum absolute atomic E-state index is 0.0501. The molecule has 1 fully saturated rings. The molecule has 1 aliphatic rings. The first kappa shape index (κ1) is 17.2. The van der Waals surface area contributed by atoms with Crippen molar-refractivity contribution in [2.24, 2.45) is 0 Å². The first-order valence-corrected chi connectivity index (χ1v) is 9.36. The lowest BCUT2D eigenvalue weighted by Crippen LogP contribution is -2.17. The number of carbonyl (C=O) groups is 1. The number of rotatable bonds is 4. The molecule has 1 aromatic carbocycles. The molecule has 1 aliphatic heterocycles. The summed E-state index contributed by atoms with van der Waals surface area (Å²) in [5.74, 6) is 0.0000988. The third-order valence-corrected chi connectivity index (χ3v) is 5.20. The van der Waals surface area contributed by atoms with Gasteiger partial charge in [-0.15, -0.1) is 0 Å². The van der Waals surface area contributed by atoms with Crippen LogP contribution in [-0.2, 0) is 4.74 Å². The smallest absolute Gasteiger partial charge is 0.259 e. The van der Waals surface area contributed by atoms with Gasteiger partial charge in [0, 0.05) is 12.6 Å². The van der Waals surface area contributed by atoms with Crippen LogP contribution in [0.15, 0.2) is 30.5 Å². The Morgan fingerprint density at radius 3 is 3.08 bits per heavy atom. The molecule has 0 aliphatic carbocycles. The summed E-state index contributed by atoms with van der Waals surface area (Å²) in [5, 5.41) is 3.63. The second-order valence-electron chi connectivity index (χ2n) is 6.06. The molecule has 0 saturated carbocycles. The first-order chi connectivity index (χ1) is 12.6. The van der Waals surface area contributed by atoms with Gasteiger partial charge in [0.25, 0.3) is 5.91 Å². The molecule has 1 N–H and O–H groups in total. The summed E-state index contributed by atoms with van der Waals surface area (Å²) in [6.45, 7) is 3.22. The van der Waals surface area contributed by atoms with E-state index in [0.717, 1.165) is 22.2 Å². The number of nitrogens with one attached hydrogen (secondary N) is 1. The second kappa shape index (κ2) is 7.19. The molecule has 0 bridgehead atoms. The van der Waals surface area contributed by atoms with E-state index in [4.69, 9.17) is 21.1 Å². The predicted octanol–water partition coefficient (Wildman–Crippen LogP) is 4.07. The van der Waals surface area contributed by atoms with E-state index in [0.29, 0.717) is 34.8 Å². The van der Waals surface area contributed by atoms with Crippen LogP contribution in [0.4, 0.5) is 5.13 Å². The van der Waals surface area contributed by atoms with E-state index in [1.807, 2.05) is 25.1 Å². The number of benzene rings is 1. The molecule has 0 radical (unpaired) electrons. The van der Waals surface area contributed by atoms with Crippen molar-refractivity contribution in [1.82, 2.24) is 9.97 Å². The molecular weight excluding hydrogens is 374 g/mol. The zero-order valence-corrected chi connectivity index (χ0v) is 15.6. The lowest BCUT2D eigenvalue weighted by atomic mass is 10.2. The summed E-state index contributed by atoms with van der Waals surface area (Å²) in [4.78, 5) is 21.1. The molecule has 1 saturated heterocycles. The number of hydrogen-bond acceptors (Lipinski definition) is 6. The van der Waals surface area contributed by atoms with Gasteiger partial charge in [0.2, 0.25) is 5.88 Å². The fourth-order valence-corrected chi connectivity index (χ4v) is 3.82. The highest BCUT2D eigenvalue weighted by Gasteiger charge is 2.20. The van der Waals surface area contributed by atoms with Crippen molar-refractivity contribution < 1.29 is 14.3 Å². The number of carbonyl (C=O) groups excluding carboxylic acids is 1. The Hall–Kier alpha value is -2.22. The molecule has 1 amide bonds. The number of aryl methyl sites for hydroxylation is 1. The van der Waals surface area contributed by atoms with Gasteiger partial charge in [-0.05, 0) is 30.7 Å². The molecule has 0 spiro atoms. The van der Waals surface area contributed by atoms with E-state index < -0.39 is 0 Å². The number of aromatic nitrogens is 2. The van der Waals surface area contributed by atoms with E-state index in [2.05, 4.69) is 15.3 Å². The highest BCUT2D eigenvalue weighted by atomic mass is 35.5. The Kier molecular flexibility index (Phi) is 4.76. The summed E-state index contributed by atoms with van der Waals surface area (Å²) in [7, 11) is 0. The minimum Gasteiger partial charge on any atom is -0.471 e. The average Bonchev–Trinajstić information content (AvgIpc) is 3.25. The minimum atomic E-state index is -0.314. The van der Waals surface area contributed by atoms with Crippen LogP contribution < -0.4 is 10.1 Å². The molecule has 134 valence electrons. The van der Waals surface area contributed by atoms with Gasteiger partial charge >= 0.3 is 0 Å². The molecule has 3 heterocycles. The van der Waals surface area contributed by atoms with E-state index in [9.17, 15) is 4.79 Å². The summed E-state index contributed by atoms with van der Waals surface area (Å²) in [6.07, 6.45) is 2.20. The van der Waals surface area contributed by atoms with Crippen LogP contribution in [0, 0.1) is 6.92 Å². The molecule has 3 aromatic rings. The molecule has 6 nitrogen and oxygen atoms in total. The Balaban J connectivity index is 1.49. The maximum Gasteiger partial charge on any atom is 0.259 e. The lowest BCUT2D eigenvalue weighted by Gasteiger charge is -2.12. The van der Waals surface area contributed by atoms with Crippen LogP contribution in [0.1, 0.15) is 22.3 Å². The molecule has 8 heteroatoms. The number of pyridine rings is 1. The van der Waals surface area contributed by atoms with Crippen LogP contribution in [0.25, 0.3) is 10.2 Å². The third-order valence-electron chi connectivity index (χ3n) is 4.00. The van der Waals surface area contributed by atoms with Crippen molar-refractivity contribution >= 4 is 44.2 Å². The number of amides is 1. The predicted molar refractivity (Wildman–Crippen MR) is 101 cm³/mol. The Bertz CT molecular complexity index is 969. The number of fused-ring (bicyclic) bond motifs is 1. The van der Waals surface area contributed by atoms with Crippen molar-refractivity contribution in [3.63, 3.8) is 0 Å². The first-order valence-electron chi connectivity index (χ1n) is 8.17. The highest BCUT2D eigenvalue weighted by molar-refractivity contribution is 7.22. The van der Waals surface area contributed by atoms with Crippen LogP contribution in [0.2, 0.25) is 5.02 Å². The van der Waals surface area contributed by atoms with Gasteiger partial charge in [-0.3, -0.25) is 10.1 Å². The second-order valence-corrected chi connectivity index (χ2v) is 7.50. The van der Waals surface area contributed by atoms with Gasteiger partial charge in [0.15, 0.2) is 5.13 Å². The number of ether oxygens (including phenoxy) is 2. The lowest BCUT2D eigenvalue weighted by molar-refractivity contribution is 0.102. The molecular formula is C18H16ClN3O3S. The molecule has 1 atom stereocenters. The molecule has 26 heavy (non-hydrogen) atoms. The zero-order chi connectivity index (χ0) is 18.1. The van der Waals surface area contributed by atoms with Gasteiger partial charge in [0.05, 0.1) is 29.0 Å². The summed E-state index contributed by atoms with van der Waals surface area (Å²) >= 11 is 7.64. The number of nitrogens with zero attached hydrogens (tertiary/aromatic N) is 2. The van der Waals surface area contributed by atoms with E-state index in [1.165, 1.54) is 17.5 Å². The summed E-state index contributed by atoms with van der Waals surface area (Å²) in [5.41, 5.74) is 2.35. The molecule has 4 rings (SSSR count). The van der Waals surface area contributed by atoms with Gasteiger partial charge in [-0.1, -0.05) is 29.0 Å². The number of thiazole rings is 1. The normalized spacial score (nSPS) is 16.8. The summed E-state index contributed by atoms with van der Waals surface area (Å²) < 4.78 is 12.0. The van der Waals surface area contributed by atoms with Gasteiger partial charge in [-0.2, -0.15) is 0 Å². The van der Waals surface area contributed by atoms with Gasteiger partial charge in [0.1, 0.15) is 11.1 Å². The molecule has 1 unspecified atom stereocenters. The largest absolute Gasteiger partial charge is 0.471 e. The number of anilines is 1. The van der Waals surface area contributed by atoms with Crippen LogP contribution >= 0.6 is 22.9 Å². The average molecular weight is 390 g/mol. The zero-order valence-electron chi connectivity index (χ0n) is 14.0. The van der Waals surface area contributed by atoms with E-state index in [1.54, 1.807) is 6.07 Å². The molecule has 2 aromatic heterocycles. The SMILES string of the molecule is Cc1ccc2nc(NC(=O)c3cnc(OC4CCOC4)c(Cl)c3)sc2c1. The Morgan fingerprint density at radius 2 is 2.31 bits per heavy atom. The van der Waals surface area contributed by atoms with Crippen molar-refractivity contribution in [2.45, 2.75) is 19.4 Å².